The highest BCUT2D eigenvalue weighted by molar-refractivity contribution is 6.20. The Hall–Kier alpha value is -4.65. The first-order valence-electron chi connectivity index (χ1n) is 11.4. The number of aromatic nitrogens is 4. The van der Waals surface area contributed by atoms with Gasteiger partial charge in [-0.3, -0.25) is 4.57 Å². The molecule has 3 aromatic carbocycles. The zero-order valence-electron chi connectivity index (χ0n) is 18.7. The molecule has 2 aromatic heterocycles. The van der Waals surface area contributed by atoms with E-state index in [1.165, 1.54) is 0 Å². The number of benzene rings is 3. The number of hydrogen-bond acceptors (Lipinski definition) is 2. The lowest BCUT2D eigenvalue weighted by Gasteiger charge is -2.18. The minimum atomic E-state index is -4.41. The second-order valence-electron chi connectivity index (χ2n) is 8.70. The molecule has 1 N–H and O–H groups in total. The van der Waals surface area contributed by atoms with Gasteiger partial charge in [-0.15, -0.1) is 0 Å². The normalized spacial score (nSPS) is 12.3. The van der Waals surface area contributed by atoms with Gasteiger partial charge in [-0.1, -0.05) is 54.6 Å². The van der Waals surface area contributed by atoms with Crippen LogP contribution in [0.1, 0.15) is 5.56 Å². The molecule has 0 spiro atoms. The van der Waals surface area contributed by atoms with E-state index in [0.29, 0.717) is 17.2 Å². The molecule has 4 heterocycles. The van der Waals surface area contributed by atoms with Crippen LogP contribution in [0, 0.1) is 0 Å². The van der Waals surface area contributed by atoms with Crippen LogP contribution in [0.2, 0.25) is 0 Å². The van der Waals surface area contributed by atoms with E-state index in [4.69, 9.17) is 4.98 Å². The van der Waals surface area contributed by atoms with E-state index < -0.39 is 11.7 Å². The molecule has 0 saturated heterocycles. The molecule has 2 aliphatic rings. The van der Waals surface area contributed by atoms with Crippen molar-refractivity contribution in [2.24, 2.45) is 0 Å². The average molecular weight is 478 g/mol. The Kier molecular flexibility index (Phi) is 4.27. The molecule has 7 heteroatoms. The Labute approximate surface area is 203 Å². The van der Waals surface area contributed by atoms with E-state index in [0.717, 1.165) is 56.1 Å². The minimum absolute atomic E-state index is 0.678. The summed E-state index contributed by atoms with van der Waals surface area (Å²) >= 11 is 0. The molecule has 7 rings (SSSR count). The van der Waals surface area contributed by atoms with E-state index in [-0.39, 0.29) is 0 Å². The van der Waals surface area contributed by atoms with Crippen molar-refractivity contribution in [1.82, 2.24) is 19.5 Å². The van der Waals surface area contributed by atoms with E-state index in [9.17, 15) is 13.2 Å². The van der Waals surface area contributed by atoms with Crippen molar-refractivity contribution in [3.8, 4) is 28.3 Å². The second-order valence-corrected chi connectivity index (χ2v) is 8.70. The quantitative estimate of drug-likeness (QED) is 0.275. The molecule has 0 radical (unpaired) electrons. The number of H-pyrrole nitrogens is 1. The van der Waals surface area contributed by atoms with Crippen LogP contribution in [0.25, 0.3) is 61.2 Å². The number of hydrogen-bond donors (Lipinski definition) is 1. The van der Waals surface area contributed by atoms with Crippen LogP contribution >= 0.6 is 0 Å². The van der Waals surface area contributed by atoms with Crippen molar-refractivity contribution in [3.05, 3.63) is 103 Å². The van der Waals surface area contributed by atoms with Crippen LogP contribution in [0.4, 0.5) is 13.2 Å². The minimum Gasteiger partial charge on any atom is -0.340 e. The summed E-state index contributed by atoms with van der Waals surface area (Å²) < 4.78 is 42.1. The van der Waals surface area contributed by atoms with Crippen LogP contribution in [-0.2, 0) is 6.18 Å². The summed E-state index contributed by atoms with van der Waals surface area (Å²) in [6, 6.07) is 26.8. The summed E-state index contributed by atoms with van der Waals surface area (Å²) in [5.74, 6) is 1.38. The van der Waals surface area contributed by atoms with Gasteiger partial charge in [0.2, 0.25) is 0 Å². The van der Waals surface area contributed by atoms with Gasteiger partial charge in [0.15, 0.2) is 0 Å². The lowest BCUT2D eigenvalue weighted by molar-refractivity contribution is -0.137. The first-order chi connectivity index (χ1) is 17.5. The zero-order valence-corrected chi connectivity index (χ0v) is 18.7. The maximum atomic E-state index is 13.4. The van der Waals surface area contributed by atoms with Gasteiger partial charge in [-0.2, -0.15) is 13.2 Å². The van der Waals surface area contributed by atoms with Gasteiger partial charge in [-0.05, 0) is 42.0 Å². The predicted octanol–water partition coefficient (Wildman–Crippen LogP) is 7.85. The standard InChI is InChI=1S/C29H17F3N4/c30-29(31,32)18-14-12-17(13-15-18)24-25-19-7-1-3-9-21(19)34-27(25)36(23-11-5-6-16-33-23)28-26(24)20-8-2-4-10-22(20)35-28/h1-16,34H. The average Bonchev–Trinajstić information content (AvgIpc) is 3.46. The van der Waals surface area contributed by atoms with Crippen LogP contribution < -0.4 is 0 Å². The molecule has 0 atom stereocenters. The highest BCUT2D eigenvalue weighted by Gasteiger charge is 2.31. The van der Waals surface area contributed by atoms with Gasteiger partial charge in [-0.25, -0.2) is 9.97 Å². The van der Waals surface area contributed by atoms with Gasteiger partial charge >= 0.3 is 6.18 Å². The lowest BCUT2D eigenvalue weighted by Crippen LogP contribution is -2.07. The van der Waals surface area contributed by atoms with Crippen LogP contribution in [0.15, 0.2) is 97.2 Å². The predicted molar refractivity (Wildman–Crippen MR) is 135 cm³/mol. The van der Waals surface area contributed by atoms with Crippen molar-refractivity contribution in [1.29, 1.82) is 0 Å². The lowest BCUT2D eigenvalue weighted by atomic mass is 9.93. The number of pyridine rings is 2. The third kappa shape index (κ3) is 2.95. The number of halogens is 3. The maximum Gasteiger partial charge on any atom is 0.416 e. The Balaban J connectivity index is 1.71. The van der Waals surface area contributed by atoms with Crippen molar-refractivity contribution in [2.75, 3.05) is 0 Å². The smallest absolute Gasteiger partial charge is 0.340 e. The van der Waals surface area contributed by atoms with E-state index in [2.05, 4.69) is 9.97 Å². The topological polar surface area (TPSA) is 46.5 Å². The van der Waals surface area contributed by atoms with Crippen molar-refractivity contribution < 1.29 is 13.2 Å². The van der Waals surface area contributed by atoms with Crippen molar-refractivity contribution in [2.45, 2.75) is 6.18 Å². The summed E-state index contributed by atoms with van der Waals surface area (Å²) in [6.45, 7) is 0. The highest BCUT2D eigenvalue weighted by Crippen LogP contribution is 2.47. The molecule has 5 aromatic rings. The van der Waals surface area contributed by atoms with Gasteiger partial charge in [0.1, 0.15) is 17.3 Å². The van der Waals surface area contributed by atoms with E-state index >= 15 is 0 Å². The summed E-state index contributed by atoms with van der Waals surface area (Å²) in [6.07, 6.45) is -2.67. The Morgan fingerprint density at radius 2 is 1.44 bits per heavy atom. The fourth-order valence-electron chi connectivity index (χ4n) is 5.08. The fraction of sp³-hybridized carbons (Fsp3) is 0.0345. The third-order valence-corrected chi connectivity index (χ3v) is 6.62. The molecule has 4 nitrogen and oxygen atoms in total. The fourth-order valence-corrected chi connectivity index (χ4v) is 5.08. The molecule has 0 unspecified atom stereocenters. The van der Waals surface area contributed by atoms with Crippen molar-refractivity contribution >= 4 is 32.8 Å². The zero-order chi connectivity index (χ0) is 24.4. The molecule has 0 bridgehead atoms. The Morgan fingerprint density at radius 3 is 2.19 bits per heavy atom. The molecular formula is C29H17F3N4. The van der Waals surface area contributed by atoms with Crippen molar-refractivity contribution in [3.63, 3.8) is 0 Å². The largest absolute Gasteiger partial charge is 0.416 e. The Morgan fingerprint density at radius 1 is 0.722 bits per heavy atom. The summed E-state index contributed by atoms with van der Waals surface area (Å²) in [5.41, 5.74) is 4.22. The van der Waals surface area contributed by atoms with Crippen LogP contribution in [0.3, 0.4) is 0 Å². The number of alkyl halides is 3. The number of aromatic amines is 1. The number of nitrogens with one attached hydrogen (secondary N) is 1. The monoisotopic (exact) mass is 478 g/mol. The van der Waals surface area contributed by atoms with E-state index in [1.807, 2.05) is 71.3 Å². The molecule has 0 amide bonds. The van der Waals surface area contributed by atoms with Crippen LogP contribution in [0.5, 0.6) is 0 Å². The number of fused-ring (bicyclic) bond motifs is 6. The van der Waals surface area contributed by atoms with Gasteiger partial charge in [0, 0.05) is 39.0 Å². The third-order valence-electron chi connectivity index (χ3n) is 6.62. The maximum absolute atomic E-state index is 13.4. The molecule has 2 aliphatic heterocycles. The van der Waals surface area contributed by atoms with E-state index in [1.54, 1.807) is 18.3 Å². The number of para-hydroxylation sites is 2. The molecule has 0 aliphatic carbocycles. The van der Waals surface area contributed by atoms with Gasteiger partial charge in [0.25, 0.3) is 0 Å². The first kappa shape index (κ1) is 20.7. The SMILES string of the molecule is FC(F)(F)c1ccc(-c2c3c4ccccc4nc-3n(-c3ccccn3)c3[nH]c4ccccc4c23)cc1. The first-order valence-corrected chi connectivity index (χ1v) is 11.4. The summed E-state index contributed by atoms with van der Waals surface area (Å²) in [5, 5.41) is 2.81. The van der Waals surface area contributed by atoms with Gasteiger partial charge in [0.05, 0.1) is 11.1 Å². The molecule has 0 fully saturated rings. The second kappa shape index (κ2) is 7.42. The molecular weight excluding hydrogens is 461 g/mol. The number of nitrogens with zero attached hydrogens (tertiary/aromatic N) is 3. The molecule has 174 valence electrons. The Bertz CT molecular complexity index is 1860. The van der Waals surface area contributed by atoms with Gasteiger partial charge < -0.3 is 4.98 Å². The molecule has 36 heavy (non-hydrogen) atoms. The highest BCUT2D eigenvalue weighted by atomic mass is 19.4. The van der Waals surface area contributed by atoms with Crippen LogP contribution in [-0.4, -0.2) is 19.5 Å². The number of rotatable bonds is 2. The summed E-state index contributed by atoms with van der Waals surface area (Å²) in [4.78, 5) is 13.1. The summed E-state index contributed by atoms with van der Waals surface area (Å²) in [7, 11) is 0. The molecule has 0 saturated carbocycles.